The third-order valence-corrected chi connectivity index (χ3v) is 12.2. The Bertz CT molecular complexity index is 1260. The first-order valence-corrected chi connectivity index (χ1v) is 28.4. The number of carbonyl (C=O) groups is 3. The Morgan fingerprint density at radius 2 is 0.552 bits per heavy atom. The summed E-state index contributed by atoms with van der Waals surface area (Å²) in [5, 5.41) is 0. The minimum absolute atomic E-state index is 0.0978. The molecule has 0 amide bonds. The van der Waals surface area contributed by atoms with Crippen LogP contribution in [0.25, 0.3) is 0 Å². The largest absolute Gasteiger partial charge is 0.462 e. The molecule has 0 rings (SSSR count). The zero-order valence-corrected chi connectivity index (χ0v) is 44.2. The molecule has 0 aromatic carbocycles. The van der Waals surface area contributed by atoms with Gasteiger partial charge in [0, 0.05) is 19.3 Å². The van der Waals surface area contributed by atoms with Crippen molar-refractivity contribution in [3.05, 3.63) is 72.9 Å². The Morgan fingerprint density at radius 3 is 0.940 bits per heavy atom. The summed E-state index contributed by atoms with van der Waals surface area (Å²) in [7, 11) is 0. The second-order valence-corrected chi connectivity index (χ2v) is 18.8. The van der Waals surface area contributed by atoms with Gasteiger partial charge in [-0.1, -0.05) is 222 Å². The van der Waals surface area contributed by atoms with Gasteiger partial charge in [-0.15, -0.1) is 0 Å². The molecular formula is C61H106O6. The molecule has 0 aliphatic carbocycles. The molecule has 0 saturated heterocycles. The van der Waals surface area contributed by atoms with Crippen LogP contribution < -0.4 is 0 Å². The lowest BCUT2D eigenvalue weighted by Gasteiger charge is -2.18. The number of hydrogen-bond donors (Lipinski definition) is 0. The zero-order chi connectivity index (χ0) is 48.6. The fraction of sp³-hybridized carbons (Fsp3) is 0.754. The third kappa shape index (κ3) is 53.7. The molecule has 386 valence electrons. The van der Waals surface area contributed by atoms with E-state index in [0.29, 0.717) is 19.3 Å². The molecule has 0 aliphatic rings. The van der Waals surface area contributed by atoms with Gasteiger partial charge in [-0.2, -0.15) is 0 Å². The van der Waals surface area contributed by atoms with Crippen LogP contribution in [-0.2, 0) is 28.6 Å². The molecule has 0 radical (unpaired) electrons. The number of esters is 3. The minimum Gasteiger partial charge on any atom is -0.462 e. The Kier molecular flexibility index (Phi) is 52.8. The molecule has 0 heterocycles. The highest BCUT2D eigenvalue weighted by Crippen LogP contribution is 2.14. The van der Waals surface area contributed by atoms with Crippen molar-refractivity contribution in [3.8, 4) is 0 Å². The zero-order valence-electron chi connectivity index (χ0n) is 44.2. The number of ether oxygens (including phenoxy) is 3. The molecule has 0 bridgehead atoms. The molecule has 67 heavy (non-hydrogen) atoms. The van der Waals surface area contributed by atoms with E-state index in [1.807, 2.05) is 0 Å². The van der Waals surface area contributed by atoms with E-state index in [9.17, 15) is 14.4 Å². The van der Waals surface area contributed by atoms with E-state index in [1.54, 1.807) is 0 Å². The van der Waals surface area contributed by atoms with E-state index in [4.69, 9.17) is 14.2 Å². The normalized spacial score (nSPS) is 12.6. The number of unbranched alkanes of at least 4 members (excludes halogenated alkanes) is 28. The average Bonchev–Trinajstić information content (AvgIpc) is 3.33. The van der Waals surface area contributed by atoms with Crippen LogP contribution >= 0.6 is 0 Å². The summed E-state index contributed by atoms with van der Waals surface area (Å²) in [6.07, 6.45) is 70.3. The quantitative estimate of drug-likeness (QED) is 0.0262. The van der Waals surface area contributed by atoms with E-state index in [2.05, 4.69) is 93.7 Å². The lowest BCUT2D eigenvalue weighted by molar-refractivity contribution is -0.167. The molecule has 0 aliphatic heterocycles. The van der Waals surface area contributed by atoms with Crippen molar-refractivity contribution in [2.45, 2.75) is 284 Å². The van der Waals surface area contributed by atoms with Crippen LogP contribution in [0.15, 0.2) is 72.9 Å². The second-order valence-electron chi connectivity index (χ2n) is 18.8. The Labute approximate surface area is 414 Å². The van der Waals surface area contributed by atoms with Crippen LogP contribution in [-0.4, -0.2) is 37.2 Å². The maximum atomic E-state index is 12.8. The van der Waals surface area contributed by atoms with Crippen molar-refractivity contribution in [1.82, 2.24) is 0 Å². The van der Waals surface area contributed by atoms with E-state index in [0.717, 1.165) is 70.6 Å². The van der Waals surface area contributed by atoms with Crippen molar-refractivity contribution in [2.75, 3.05) is 13.2 Å². The molecule has 1 unspecified atom stereocenters. The van der Waals surface area contributed by atoms with Gasteiger partial charge < -0.3 is 14.2 Å². The summed E-state index contributed by atoms with van der Waals surface area (Å²) >= 11 is 0. The first-order chi connectivity index (χ1) is 33.0. The standard InChI is InChI=1S/C61H106O6/c1-4-7-10-13-16-19-22-25-28-30-33-36-39-42-45-48-51-54-60(63)66-57-58(56-65-59(62)53-50-47-44-41-38-35-32-27-24-21-18-15-12-9-6-3)67-61(64)55-52-49-46-43-40-37-34-31-29-26-23-20-17-14-11-8-5-2/h16,19,25-29,32-33,36,42,45,58H,4-15,17-18,20-24,30-31,34-35,37-41,43-44,46-57H2,1-3H3. The first kappa shape index (κ1) is 63.8. The van der Waals surface area contributed by atoms with E-state index >= 15 is 0 Å². The highest BCUT2D eigenvalue weighted by atomic mass is 16.6. The summed E-state index contributed by atoms with van der Waals surface area (Å²) in [4.78, 5) is 38.1. The summed E-state index contributed by atoms with van der Waals surface area (Å²) < 4.78 is 16.8. The van der Waals surface area contributed by atoms with Gasteiger partial charge in [0.2, 0.25) is 0 Å². The van der Waals surface area contributed by atoms with Gasteiger partial charge in [0.15, 0.2) is 6.10 Å². The predicted octanol–water partition coefficient (Wildman–Crippen LogP) is 19.0. The Balaban J connectivity index is 4.48. The second kappa shape index (κ2) is 55.4. The molecule has 0 aromatic heterocycles. The third-order valence-electron chi connectivity index (χ3n) is 12.2. The maximum Gasteiger partial charge on any atom is 0.306 e. The molecule has 0 fully saturated rings. The first-order valence-electron chi connectivity index (χ1n) is 28.4. The fourth-order valence-electron chi connectivity index (χ4n) is 7.84. The lowest BCUT2D eigenvalue weighted by atomic mass is 10.1. The molecule has 0 N–H and O–H groups in total. The maximum absolute atomic E-state index is 12.8. The van der Waals surface area contributed by atoms with Crippen LogP contribution in [0.4, 0.5) is 0 Å². The van der Waals surface area contributed by atoms with Crippen LogP contribution in [0.3, 0.4) is 0 Å². The average molecular weight is 936 g/mol. The predicted molar refractivity (Wildman–Crippen MR) is 288 cm³/mol. The Hall–Kier alpha value is -3.15. The summed E-state index contributed by atoms with van der Waals surface area (Å²) in [6, 6.07) is 0. The Morgan fingerprint density at radius 1 is 0.299 bits per heavy atom. The van der Waals surface area contributed by atoms with E-state index in [-0.39, 0.29) is 37.5 Å². The van der Waals surface area contributed by atoms with Crippen LogP contribution in [0.5, 0.6) is 0 Å². The van der Waals surface area contributed by atoms with Crippen LogP contribution in [0.1, 0.15) is 278 Å². The van der Waals surface area contributed by atoms with Gasteiger partial charge in [0.1, 0.15) is 13.2 Å². The van der Waals surface area contributed by atoms with Gasteiger partial charge >= 0.3 is 17.9 Å². The molecular weight excluding hydrogens is 829 g/mol. The minimum atomic E-state index is -0.803. The lowest BCUT2D eigenvalue weighted by Crippen LogP contribution is -2.30. The van der Waals surface area contributed by atoms with Gasteiger partial charge in [0.25, 0.3) is 0 Å². The van der Waals surface area contributed by atoms with Crippen molar-refractivity contribution in [2.24, 2.45) is 0 Å². The molecule has 0 aromatic rings. The SMILES string of the molecule is CCCCCC=CCC=CCC=CCC=CCCCC(=O)OCC(COC(=O)CCCCCCCC=CCCCCCCCC)OC(=O)CCCCCCCCCC=CCCCCCCCC. The van der Waals surface area contributed by atoms with Gasteiger partial charge in [0.05, 0.1) is 0 Å². The molecule has 6 heteroatoms. The van der Waals surface area contributed by atoms with Crippen LogP contribution in [0.2, 0.25) is 0 Å². The molecule has 1 atom stereocenters. The summed E-state index contributed by atoms with van der Waals surface area (Å²) in [6.45, 7) is 6.56. The fourth-order valence-corrected chi connectivity index (χ4v) is 7.84. The van der Waals surface area contributed by atoms with Crippen molar-refractivity contribution < 1.29 is 28.6 Å². The van der Waals surface area contributed by atoms with Gasteiger partial charge in [-0.3, -0.25) is 14.4 Å². The number of rotatable bonds is 51. The van der Waals surface area contributed by atoms with Gasteiger partial charge in [-0.25, -0.2) is 0 Å². The van der Waals surface area contributed by atoms with E-state index in [1.165, 1.54) is 161 Å². The summed E-state index contributed by atoms with van der Waals surface area (Å²) in [5.74, 6) is -0.961. The van der Waals surface area contributed by atoms with Crippen molar-refractivity contribution in [3.63, 3.8) is 0 Å². The van der Waals surface area contributed by atoms with Gasteiger partial charge in [-0.05, 0) is 109 Å². The number of allylic oxidation sites excluding steroid dienone is 12. The van der Waals surface area contributed by atoms with Crippen LogP contribution in [0, 0.1) is 0 Å². The highest BCUT2D eigenvalue weighted by Gasteiger charge is 2.19. The molecule has 6 nitrogen and oxygen atoms in total. The topological polar surface area (TPSA) is 78.9 Å². The smallest absolute Gasteiger partial charge is 0.306 e. The molecule has 0 spiro atoms. The number of carbonyl (C=O) groups excluding carboxylic acids is 3. The summed E-state index contributed by atoms with van der Waals surface area (Å²) in [5.41, 5.74) is 0. The molecule has 0 saturated carbocycles. The van der Waals surface area contributed by atoms with Crippen molar-refractivity contribution >= 4 is 17.9 Å². The van der Waals surface area contributed by atoms with Crippen molar-refractivity contribution in [1.29, 1.82) is 0 Å². The number of hydrogen-bond acceptors (Lipinski definition) is 6. The highest BCUT2D eigenvalue weighted by molar-refractivity contribution is 5.71. The van der Waals surface area contributed by atoms with E-state index < -0.39 is 6.10 Å². The monoisotopic (exact) mass is 935 g/mol.